The van der Waals surface area contributed by atoms with Gasteiger partial charge in [-0.2, -0.15) is 0 Å². The number of fused-ring (bicyclic) bond motifs is 1. The van der Waals surface area contributed by atoms with Crippen LogP contribution in [0.15, 0.2) is 47.3 Å². The Hall–Kier alpha value is -2.60. The summed E-state index contributed by atoms with van der Waals surface area (Å²) < 4.78 is 17.2. The van der Waals surface area contributed by atoms with Crippen molar-refractivity contribution < 1.29 is 9.18 Å². The number of halogens is 2. The summed E-state index contributed by atoms with van der Waals surface area (Å²) in [4.78, 5) is 24.9. The molecule has 0 saturated heterocycles. The Bertz CT molecular complexity index is 1010. The molecule has 3 aromatic rings. The Morgan fingerprint density at radius 3 is 2.38 bits per heavy atom. The molecule has 5 nitrogen and oxygen atoms in total. The number of benzene rings is 2. The van der Waals surface area contributed by atoms with E-state index in [1.807, 2.05) is 31.2 Å². The molecule has 0 fully saturated rings. The molecule has 0 radical (unpaired) electrons. The highest BCUT2D eigenvalue weighted by atomic mass is 35.5. The third-order valence-electron chi connectivity index (χ3n) is 4.16. The molecule has 3 rings (SSSR count). The molecule has 136 valence electrons. The molecule has 0 aliphatic heterocycles. The summed E-state index contributed by atoms with van der Waals surface area (Å²) in [5.74, 6) is -1.05. The van der Waals surface area contributed by atoms with Crippen LogP contribution < -0.4 is 11.0 Å². The first-order valence-electron chi connectivity index (χ1n) is 8.45. The van der Waals surface area contributed by atoms with Crippen molar-refractivity contribution in [3.8, 4) is 0 Å². The second kappa shape index (κ2) is 7.74. The second-order valence-corrected chi connectivity index (χ2v) is 6.38. The van der Waals surface area contributed by atoms with Crippen LogP contribution in [0.5, 0.6) is 0 Å². The molecular weight excluding hydrogens is 357 g/mol. The number of rotatable bonds is 6. The highest BCUT2D eigenvalue weighted by molar-refractivity contribution is 6.31. The predicted octanol–water partition coefficient (Wildman–Crippen LogP) is 4.03. The van der Waals surface area contributed by atoms with Crippen LogP contribution in [0, 0.1) is 5.82 Å². The highest BCUT2D eigenvalue weighted by Gasteiger charge is 2.14. The lowest BCUT2D eigenvalue weighted by atomic mass is 10.2. The first kappa shape index (κ1) is 18.2. The number of imidazole rings is 1. The molecule has 0 spiro atoms. The number of aromatic nitrogens is 2. The van der Waals surface area contributed by atoms with Crippen LogP contribution >= 0.6 is 11.6 Å². The summed E-state index contributed by atoms with van der Waals surface area (Å²) in [7, 11) is 0. The molecule has 0 unspecified atom stereocenters. The maximum Gasteiger partial charge on any atom is 0.329 e. The van der Waals surface area contributed by atoms with Gasteiger partial charge in [-0.25, -0.2) is 9.18 Å². The van der Waals surface area contributed by atoms with Crippen molar-refractivity contribution in [2.24, 2.45) is 0 Å². The van der Waals surface area contributed by atoms with E-state index >= 15 is 0 Å². The third-order valence-corrected chi connectivity index (χ3v) is 4.45. The molecule has 26 heavy (non-hydrogen) atoms. The SMILES string of the molecule is CCCn1c(=O)n(CCC(=O)Nc2cccc(Cl)c2F)c2ccccc21. The van der Waals surface area contributed by atoms with Crippen molar-refractivity contribution in [3.05, 3.63) is 63.8 Å². The van der Waals surface area contributed by atoms with Gasteiger partial charge in [0.25, 0.3) is 0 Å². The van der Waals surface area contributed by atoms with E-state index in [2.05, 4.69) is 5.32 Å². The van der Waals surface area contributed by atoms with Crippen LogP contribution in [0.25, 0.3) is 11.0 Å². The largest absolute Gasteiger partial charge is 0.329 e. The molecule has 2 aromatic carbocycles. The number of carbonyl (C=O) groups excluding carboxylic acids is 1. The van der Waals surface area contributed by atoms with E-state index in [-0.39, 0.29) is 35.3 Å². The number of hydrogen-bond donors (Lipinski definition) is 1. The number of amides is 1. The van der Waals surface area contributed by atoms with Crippen LogP contribution in [0.4, 0.5) is 10.1 Å². The monoisotopic (exact) mass is 375 g/mol. The van der Waals surface area contributed by atoms with Crippen LogP contribution in [-0.2, 0) is 17.9 Å². The normalized spacial score (nSPS) is 11.0. The van der Waals surface area contributed by atoms with Gasteiger partial charge in [0.2, 0.25) is 5.91 Å². The first-order chi connectivity index (χ1) is 12.5. The van der Waals surface area contributed by atoms with Gasteiger partial charge in [0.15, 0.2) is 5.82 Å². The van der Waals surface area contributed by atoms with Crippen LogP contribution in [0.3, 0.4) is 0 Å². The molecule has 0 atom stereocenters. The lowest BCUT2D eigenvalue weighted by Crippen LogP contribution is -2.26. The van der Waals surface area contributed by atoms with E-state index in [4.69, 9.17) is 11.6 Å². The molecule has 1 heterocycles. The standard InChI is InChI=1S/C19H19ClFN3O2/c1-2-11-23-15-8-3-4-9-16(15)24(19(23)26)12-10-17(25)22-14-7-5-6-13(20)18(14)21/h3-9H,2,10-12H2,1H3,(H,22,25). The molecule has 7 heteroatoms. The van der Waals surface area contributed by atoms with Crippen molar-refractivity contribution in [1.82, 2.24) is 9.13 Å². The maximum atomic E-state index is 13.9. The summed E-state index contributed by atoms with van der Waals surface area (Å²) >= 11 is 5.71. The fourth-order valence-corrected chi connectivity index (χ4v) is 3.13. The molecule has 1 N–H and O–H groups in total. The minimum atomic E-state index is -0.667. The van der Waals surface area contributed by atoms with Crippen molar-refractivity contribution in [3.63, 3.8) is 0 Å². The summed E-state index contributed by atoms with van der Waals surface area (Å²) in [6, 6.07) is 11.9. The summed E-state index contributed by atoms with van der Waals surface area (Å²) in [6.07, 6.45) is 0.883. The Kier molecular flexibility index (Phi) is 5.42. The fraction of sp³-hybridized carbons (Fsp3) is 0.263. The van der Waals surface area contributed by atoms with Gasteiger partial charge in [0, 0.05) is 19.5 Å². The number of nitrogens with one attached hydrogen (secondary N) is 1. The molecule has 0 bridgehead atoms. The Balaban J connectivity index is 1.79. The van der Waals surface area contributed by atoms with E-state index in [0.29, 0.717) is 6.54 Å². The van der Waals surface area contributed by atoms with E-state index in [1.54, 1.807) is 15.2 Å². The second-order valence-electron chi connectivity index (χ2n) is 5.97. The summed E-state index contributed by atoms with van der Waals surface area (Å²) in [5, 5.41) is 2.45. The molecule has 0 aliphatic carbocycles. The van der Waals surface area contributed by atoms with Gasteiger partial charge in [0.05, 0.1) is 21.7 Å². The lowest BCUT2D eigenvalue weighted by molar-refractivity contribution is -0.116. The molecule has 1 amide bonds. The number of carbonyl (C=O) groups is 1. The van der Waals surface area contributed by atoms with E-state index < -0.39 is 5.82 Å². The summed E-state index contributed by atoms with van der Waals surface area (Å²) in [6.45, 7) is 2.84. The number of hydrogen-bond acceptors (Lipinski definition) is 2. The minimum Gasteiger partial charge on any atom is -0.323 e. The van der Waals surface area contributed by atoms with E-state index in [0.717, 1.165) is 17.5 Å². The molecule has 1 aromatic heterocycles. The number of anilines is 1. The van der Waals surface area contributed by atoms with E-state index in [1.165, 1.54) is 12.1 Å². The van der Waals surface area contributed by atoms with Gasteiger partial charge >= 0.3 is 5.69 Å². The average molecular weight is 376 g/mol. The quantitative estimate of drug-likeness (QED) is 0.707. The van der Waals surface area contributed by atoms with Crippen LogP contribution in [-0.4, -0.2) is 15.0 Å². The van der Waals surface area contributed by atoms with Crippen LogP contribution in [0.2, 0.25) is 5.02 Å². The van der Waals surface area contributed by atoms with Gasteiger partial charge < -0.3 is 5.32 Å². The molecule has 0 saturated carbocycles. The van der Waals surface area contributed by atoms with Gasteiger partial charge in [-0.15, -0.1) is 0 Å². The number of para-hydroxylation sites is 2. The Morgan fingerprint density at radius 2 is 1.73 bits per heavy atom. The Labute approximate surface area is 155 Å². The maximum absolute atomic E-state index is 13.9. The molecular formula is C19H19ClFN3O2. The first-order valence-corrected chi connectivity index (χ1v) is 8.82. The average Bonchev–Trinajstić information content (AvgIpc) is 2.89. The zero-order valence-electron chi connectivity index (χ0n) is 14.3. The van der Waals surface area contributed by atoms with Crippen molar-refractivity contribution in [2.75, 3.05) is 5.32 Å². The fourth-order valence-electron chi connectivity index (χ4n) is 2.95. The smallest absolute Gasteiger partial charge is 0.323 e. The van der Waals surface area contributed by atoms with E-state index in [9.17, 15) is 14.0 Å². The highest BCUT2D eigenvalue weighted by Crippen LogP contribution is 2.22. The minimum absolute atomic E-state index is 0.0308. The zero-order chi connectivity index (χ0) is 18.7. The predicted molar refractivity (Wildman–Crippen MR) is 101 cm³/mol. The van der Waals surface area contributed by atoms with Crippen molar-refractivity contribution in [1.29, 1.82) is 0 Å². The van der Waals surface area contributed by atoms with Crippen molar-refractivity contribution >= 4 is 34.2 Å². The zero-order valence-corrected chi connectivity index (χ0v) is 15.1. The van der Waals surface area contributed by atoms with Gasteiger partial charge in [-0.3, -0.25) is 13.9 Å². The summed E-state index contributed by atoms with van der Waals surface area (Å²) in [5.41, 5.74) is 1.52. The lowest BCUT2D eigenvalue weighted by Gasteiger charge is -2.08. The van der Waals surface area contributed by atoms with Gasteiger partial charge in [0.1, 0.15) is 0 Å². The van der Waals surface area contributed by atoms with Gasteiger partial charge in [-0.1, -0.05) is 36.7 Å². The van der Waals surface area contributed by atoms with Crippen LogP contribution in [0.1, 0.15) is 19.8 Å². The third kappa shape index (κ3) is 3.51. The Morgan fingerprint density at radius 1 is 1.08 bits per heavy atom. The number of nitrogens with zero attached hydrogens (tertiary/aromatic N) is 2. The van der Waals surface area contributed by atoms with Gasteiger partial charge in [-0.05, 0) is 30.7 Å². The number of aryl methyl sites for hydroxylation is 2. The van der Waals surface area contributed by atoms with Crippen molar-refractivity contribution in [2.45, 2.75) is 32.9 Å². The molecule has 0 aliphatic rings. The topological polar surface area (TPSA) is 56.0 Å².